The van der Waals surface area contributed by atoms with Gasteiger partial charge in [0.1, 0.15) is 12.1 Å². The predicted molar refractivity (Wildman–Crippen MR) is 77.6 cm³/mol. The number of amides is 1. The molecule has 0 bridgehead atoms. The summed E-state index contributed by atoms with van der Waals surface area (Å²) in [6.45, 7) is 3.53. The van der Waals surface area contributed by atoms with Crippen LogP contribution in [-0.4, -0.2) is 45.2 Å². The van der Waals surface area contributed by atoms with Crippen LogP contribution >= 0.6 is 0 Å². The van der Waals surface area contributed by atoms with Gasteiger partial charge in [0, 0.05) is 26.3 Å². The molecule has 2 rings (SSSR count). The van der Waals surface area contributed by atoms with Crippen LogP contribution in [0, 0.1) is 0 Å². The largest absolute Gasteiger partial charge is 0.423 e. The van der Waals surface area contributed by atoms with Gasteiger partial charge in [0.15, 0.2) is 0 Å². The normalized spacial score (nSPS) is 17.8. The fraction of sp³-hybridized carbons (Fsp3) is 0.643. The quantitative estimate of drug-likeness (QED) is 0.765. The number of morpholine rings is 1. The maximum Gasteiger partial charge on any atom is 0.423 e. The van der Waals surface area contributed by atoms with Crippen molar-refractivity contribution in [3.8, 4) is 0 Å². The van der Waals surface area contributed by atoms with Crippen LogP contribution in [0.25, 0.3) is 0 Å². The molecule has 0 N–H and O–H groups in total. The lowest BCUT2D eigenvalue weighted by Crippen LogP contribution is -2.53. The maximum atomic E-state index is 12.9. The number of ether oxygens (including phenoxy) is 1. The molecule has 0 spiro atoms. The molecule has 0 unspecified atom stereocenters. The van der Waals surface area contributed by atoms with E-state index in [1.54, 1.807) is 13.8 Å². The zero-order valence-corrected chi connectivity index (χ0v) is 13.5. The highest BCUT2D eigenvalue weighted by Crippen LogP contribution is 2.25. The van der Waals surface area contributed by atoms with E-state index in [0.717, 1.165) is 7.05 Å². The monoisotopic (exact) mass is 349 g/mol. The molecule has 0 atom stereocenters. The Hall–Kier alpha value is -2.10. The van der Waals surface area contributed by atoms with Gasteiger partial charge in [-0.3, -0.25) is 14.2 Å². The fourth-order valence-electron chi connectivity index (χ4n) is 2.53. The smallest absolute Gasteiger partial charge is 0.372 e. The highest BCUT2D eigenvalue weighted by molar-refractivity contribution is 5.76. The molecule has 1 fully saturated rings. The van der Waals surface area contributed by atoms with E-state index in [-0.39, 0.29) is 19.7 Å². The van der Waals surface area contributed by atoms with Crippen molar-refractivity contribution in [1.29, 1.82) is 0 Å². The number of hydrogen-bond acceptors (Lipinski definition) is 4. The van der Waals surface area contributed by atoms with E-state index < -0.39 is 41.0 Å². The minimum atomic E-state index is -4.91. The van der Waals surface area contributed by atoms with Crippen LogP contribution < -0.4 is 11.2 Å². The number of aromatic nitrogens is 2. The number of carbonyl (C=O) groups is 1. The Morgan fingerprint density at radius 3 is 2.50 bits per heavy atom. The van der Waals surface area contributed by atoms with Gasteiger partial charge in [-0.1, -0.05) is 0 Å². The Morgan fingerprint density at radius 2 is 1.96 bits per heavy atom. The zero-order valence-electron chi connectivity index (χ0n) is 13.5. The number of rotatable bonds is 2. The standard InChI is InChI=1S/C14H18F3N3O4/c1-13(2)8-19(4-5-24-13)10(21)7-20-11(22)9(14(15,16)17)6-18(3)12(20)23/h6H,4-5,7-8H2,1-3H3. The molecule has 10 heteroatoms. The Morgan fingerprint density at radius 1 is 1.33 bits per heavy atom. The molecule has 2 heterocycles. The van der Waals surface area contributed by atoms with Crippen molar-refractivity contribution >= 4 is 5.91 Å². The third-order valence-corrected chi connectivity index (χ3v) is 3.71. The number of nitrogens with zero attached hydrogens (tertiary/aromatic N) is 3. The minimum Gasteiger partial charge on any atom is -0.372 e. The maximum absolute atomic E-state index is 12.9. The molecule has 0 aromatic carbocycles. The molecule has 1 aromatic rings. The molecule has 1 aromatic heterocycles. The number of halogens is 3. The molecule has 7 nitrogen and oxygen atoms in total. The van der Waals surface area contributed by atoms with E-state index in [9.17, 15) is 27.6 Å². The summed E-state index contributed by atoms with van der Waals surface area (Å²) >= 11 is 0. The first kappa shape index (κ1) is 18.2. The van der Waals surface area contributed by atoms with Gasteiger partial charge in [0.2, 0.25) is 5.91 Å². The molecule has 1 saturated heterocycles. The Kier molecular flexibility index (Phi) is 4.62. The summed E-state index contributed by atoms with van der Waals surface area (Å²) in [6, 6.07) is 0. The van der Waals surface area contributed by atoms with Crippen molar-refractivity contribution in [2.45, 2.75) is 32.2 Å². The Balaban J connectivity index is 2.36. The van der Waals surface area contributed by atoms with Crippen LogP contribution in [-0.2, 0) is 29.3 Å². The first-order valence-electron chi connectivity index (χ1n) is 7.22. The molecular formula is C14H18F3N3O4. The summed E-state index contributed by atoms with van der Waals surface area (Å²) in [6.07, 6.45) is -4.47. The topological polar surface area (TPSA) is 73.5 Å². The molecule has 1 amide bonds. The molecule has 134 valence electrons. The Labute approximate surface area is 135 Å². The average molecular weight is 349 g/mol. The number of carbonyl (C=O) groups excluding carboxylic acids is 1. The zero-order chi connectivity index (χ0) is 18.3. The van der Waals surface area contributed by atoms with Crippen LogP contribution in [0.1, 0.15) is 19.4 Å². The lowest BCUT2D eigenvalue weighted by Gasteiger charge is -2.38. The van der Waals surface area contributed by atoms with Gasteiger partial charge in [-0.05, 0) is 13.8 Å². The van der Waals surface area contributed by atoms with Crippen molar-refractivity contribution in [3.05, 3.63) is 32.6 Å². The summed E-state index contributed by atoms with van der Waals surface area (Å²) in [7, 11) is 1.09. The molecule has 0 aliphatic carbocycles. The number of alkyl halides is 3. The summed E-state index contributed by atoms with van der Waals surface area (Å²) in [5, 5.41) is 0. The first-order chi connectivity index (χ1) is 10.9. The van der Waals surface area contributed by atoms with Gasteiger partial charge in [-0.15, -0.1) is 0 Å². The lowest BCUT2D eigenvalue weighted by atomic mass is 10.1. The fourth-order valence-corrected chi connectivity index (χ4v) is 2.53. The highest BCUT2D eigenvalue weighted by atomic mass is 19.4. The van der Waals surface area contributed by atoms with Gasteiger partial charge >= 0.3 is 11.9 Å². The van der Waals surface area contributed by atoms with Crippen molar-refractivity contribution in [2.75, 3.05) is 19.7 Å². The van der Waals surface area contributed by atoms with E-state index in [0.29, 0.717) is 15.3 Å². The lowest BCUT2D eigenvalue weighted by molar-refractivity contribution is -0.147. The van der Waals surface area contributed by atoms with Crippen molar-refractivity contribution in [2.24, 2.45) is 7.05 Å². The molecule has 0 saturated carbocycles. The molecule has 1 aliphatic heterocycles. The predicted octanol–water partition coefficient (Wildman–Crippen LogP) is 0.203. The third kappa shape index (κ3) is 3.69. The van der Waals surface area contributed by atoms with Gasteiger partial charge in [0.05, 0.1) is 12.2 Å². The van der Waals surface area contributed by atoms with Gasteiger partial charge < -0.3 is 14.2 Å². The second kappa shape index (κ2) is 6.08. The second-order valence-electron chi connectivity index (χ2n) is 6.25. The molecule has 24 heavy (non-hydrogen) atoms. The summed E-state index contributed by atoms with van der Waals surface area (Å²) in [5.74, 6) is -0.607. The number of aryl methyl sites for hydroxylation is 1. The summed E-state index contributed by atoms with van der Waals surface area (Å²) in [5.41, 5.74) is -4.59. The SMILES string of the molecule is Cn1cc(C(F)(F)F)c(=O)n(CC(=O)N2CCOC(C)(C)C2)c1=O. The number of hydrogen-bond donors (Lipinski definition) is 0. The van der Waals surface area contributed by atoms with Crippen LogP contribution in [0.5, 0.6) is 0 Å². The van der Waals surface area contributed by atoms with Crippen molar-refractivity contribution in [1.82, 2.24) is 14.0 Å². The highest BCUT2D eigenvalue weighted by Gasteiger charge is 2.36. The van der Waals surface area contributed by atoms with E-state index in [4.69, 9.17) is 4.74 Å². The van der Waals surface area contributed by atoms with E-state index in [2.05, 4.69) is 0 Å². The van der Waals surface area contributed by atoms with Crippen LogP contribution in [0.3, 0.4) is 0 Å². The van der Waals surface area contributed by atoms with E-state index >= 15 is 0 Å². The van der Waals surface area contributed by atoms with Crippen molar-refractivity contribution in [3.63, 3.8) is 0 Å². The molecule has 0 radical (unpaired) electrons. The van der Waals surface area contributed by atoms with Crippen LogP contribution in [0.4, 0.5) is 13.2 Å². The average Bonchev–Trinajstić information content (AvgIpc) is 2.44. The Bertz CT molecular complexity index is 764. The van der Waals surface area contributed by atoms with Crippen molar-refractivity contribution < 1.29 is 22.7 Å². The molecular weight excluding hydrogens is 331 g/mol. The molecule has 1 aliphatic rings. The van der Waals surface area contributed by atoms with Crippen LogP contribution in [0.15, 0.2) is 15.8 Å². The van der Waals surface area contributed by atoms with E-state index in [1.165, 1.54) is 4.90 Å². The third-order valence-electron chi connectivity index (χ3n) is 3.71. The van der Waals surface area contributed by atoms with Gasteiger partial charge in [-0.2, -0.15) is 13.2 Å². The van der Waals surface area contributed by atoms with Gasteiger partial charge in [-0.25, -0.2) is 4.79 Å². The summed E-state index contributed by atoms with van der Waals surface area (Å²) in [4.78, 5) is 37.6. The second-order valence-corrected chi connectivity index (χ2v) is 6.25. The summed E-state index contributed by atoms with van der Waals surface area (Å²) < 4.78 is 45.1. The van der Waals surface area contributed by atoms with E-state index in [1.807, 2.05) is 0 Å². The first-order valence-corrected chi connectivity index (χ1v) is 7.22. The van der Waals surface area contributed by atoms with Crippen LogP contribution in [0.2, 0.25) is 0 Å². The van der Waals surface area contributed by atoms with Gasteiger partial charge in [0.25, 0.3) is 5.56 Å². The minimum absolute atomic E-state index is 0.222.